The second kappa shape index (κ2) is 15.7. The van der Waals surface area contributed by atoms with Crippen LogP contribution in [0.2, 0.25) is 0 Å². The van der Waals surface area contributed by atoms with Crippen LogP contribution in [0.4, 0.5) is 17.1 Å². The quantitative estimate of drug-likeness (QED) is 0.278. The number of hydrogen-bond acceptors (Lipinski definition) is 0. The second-order valence-electron chi connectivity index (χ2n) is 13.9. The van der Waals surface area contributed by atoms with E-state index in [1.807, 2.05) is 0 Å². The van der Waals surface area contributed by atoms with Crippen molar-refractivity contribution in [2.75, 3.05) is 0 Å². The van der Waals surface area contributed by atoms with Gasteiger partial charge in [-0.1, -0.05) is 150 Å². The van der Waals surface area contributed by atoms with Gasteiger partial charge in [0, 0.05) is 0 Å². The van der Waals surface area contributed by atoms with Crippen LogP contribution in [0.25, 0.3) is 16.0 Å². The fourth-order valence-corrected chi connectivity index (χ4v) is 4.21. The van der Waals surface area contributed by atoms with Crippen molar-refractivity contribution in [3.63, 3.8) is 0 Å². The molecule has 3 aromatic rings. The summed E-state index contributed by atoms with van der Waals surface area (Å²) in [5.41, 5.74) is 11.0. The fourth-order valence-electron chi connectivity index (χ4n) is 4.21. The molecule has 40 heavy (non-hydrogen) atoms. The van der Waals surface area contributed by atoms with Crippen molar-refractivity contribution in [3.05, 3.63) is 104 Å². The molecule has 0 aromatic heterocycles. The molecule has 3 nitrogen and oxygen atoms in total. The zero-order chi connectivity index (χ0) is 30.2. The average Bonchev–Trinajstić information content (AvgIpc) is 2.62. The van der Waals surface area contributed by atoms with Crippen LogP contribution in [0.3, 0.4) is 0 Å². The molecule has 0 saturated heterocycles. The van der Waals surface area contributed by atoms with E-state index in [0.29, 0.717) is 0 Å². The Balaban J connectivity index is 0.000000563. The van der Waals surface area contributed by atoms with Gasteiger partial charge in [0.2, 0.25) is 0 Å². The average molecular weight is 577 g/mol. The molecule has 217 valence electrons. The van der Waals surface area contributed by atoms with Crippen LogP contribution in [0.1, 0.15) is 95.7 Å². The number of nitrogens with zero attached hydrogens (tertiary/aromatic N) is 3. The van der Waals surface area contributed by atoms with E-state index >= 15 is 0 Å². The van der Waals surface area contributed by atoms with E-state index in [0.717, 1.165) is 17.1 Å². The molecule has 0 fully saturated rings. The molecule has 3 rings (SSSR count). The molecule has 0 aliphatic carbocycles. The van der Waals surface area contributed by atoms with Crippen molar-refractivity contribution in [2.24, 2.45) is 0 Å². The molecule has 0 unspecified atom stereocenters. The molecular formula is C36H54N3Ti. The van der Waals surface area contributed by atoms with Gasteiger partial charge in [0.15, 0.2) is 0 Å². The van der Waals surface area contributed by atoms with Gasteiger partial charge in [-0.3, -0.25) is 0 Å². The monoisotopic (exact) mass is 576 g/mol. The normalized spacial score (nSPS) is 11.2. The Kier molecular flexibility index (Phi) is 14.8. The van der Waals surface area contributed by atoms with Crippen molar-refractivity contribution in [2.45, 2.75) is 120 Å². The van der Waals surface area contributed by atoms with Crippen LogP contribution in [0.5, 0.6) is 0 Å². The third-order valence-electron chi connectivity index (χ3n) is 5.01. The molecule has 3 aromatic carbocycles. The van der Waals surface area contributed by atoms with E-state index in [1.54, 1.807) is 0 Å². The third kappa shape index (κ3) is 18.2. The van der Waals surface area contributed by atoms with Crippen LogP contribution < -0.4 is 0 Å². The van der Waals surface area contributed by atoms with Gasteiger partial charge in [0.05, 0.1) is 0 Å². The standard InChI is InChI=1S/3C12H18N.Ti/c3*1-9-6-10(2)8-11(7-9)13-12(3,4)5;/h3*6-8H,1-5H3;/q3*-1;+3. The van der Waals surface area contributed by atoms with E-state index in [-0.39, 0.29) is 38.3 Å². The van der Waals surface area contributed by atoms with Crippen molar-refractivity contribution in [3.8, 4) is 0 Å². The Hall–Kier alpha value is -2.23. The zero-order valence-electron chi connectivity index (χ0n) is 28.0. The molecule has 0 heterocycles. The van der Waals surface area contributed by atoms with Crippen LogP contribution >= 0.6 is 0 Å². The number of rotatable bonds is 3. The maximum Gasteiger partial charge on any atom is 3.00 e. The Labute approximate surface area is 262 Å². The smallest absolute Gasteiger partial charge is 0.680 e. The third-order valence-corrected chi connectivity index (χ3v) is 5.01. The predicted octanol–water partition coefficient (Wildman–Crippen LogP) is 12.3. The van der Waals surface area contributed by atoms with E-state index in [2.05, 4.69) is 174 Å². The fraction of sp³-hybridized carbons (Fsp3) is 0.500. The van der Waals surface area contributed by atoms with Gasteiger partial charge < -0.3 is 16.0 Å². The first kappa shape index (κ1) is 37.8. The van der Waals surface area contributed by atoms with Gasteiger partial charge >= 0.3 is 21.7 Å². The van der Waals surface area contributed by atoms with Gasteiger partial charge in [-0.25, -0.2) is 0 Å². The Morgan fingerprint density at radius 3 is 0.600 bits per heavy atom. The molecule has 0 amide bonds. The van der Waals surface area contributed by atoms with Crippen molar-refractivity contribution < 1.29 is 21.7 Å². The zero-order valence-corrected chi connectivity index (χ0v) is 29.6. The maximum absolute atomic E-state index is 4.61. The predicted molar refractivity (Wildman–Crippen MR) is 176 cm³/mol. The summed E-state index contributed by atoms with van der Waals surface area (Å²) in [6.07, 6.45) is 0. The van der Waals surface area contributed by atoms with Crippen LogP contribution in [-0.2, 0) is 21.7 Å². The van der Waals surface area contributed by atoms with Gasteiger partial charge in [-0.15, -0.1) is 33.7 Å². The minimum absolute atomic E-state index is 0. The second-order valence-corrected chi connectivity index (χ2v) is 13.9. The molecule has 0 bridgehead atoms. The summed E-state index contributed by atoms with van der Waals surface area (Å²) in [5, 5.41) is 13.8. The number of aryl methyl sites for hydroxylation is 6. The first-order chi connectivity index (χ1) is 17.6. The SMILES string of the molecule is Cc1cc(C)cc([N-]C(C)(C)C)c1.Cc1cc(C)cc([N-]C(C)(C)C)c1.Cc1cc(C)cc([N-]C(C)(C)C)c1.[Ti+3]. The summed E-state index contributed by atoms with van der Waals surface area (Å²) >= 11 is 0. The molecule has 0 aliphatic rings. The summed E-state index contributed by atoms with van der Waals surface area (Å²) in [6.45, 7) is 31.7. The Morgan fingerprint density at radius 2 is 0.475 bits per heavy atom. The van der Waals surface area contributed by atoms with Crippen LogP contribution in [0, 0.1) is 41.5 Å². The summed E-state index contributed by atoms with van der Waals surface area (Å²) in [7, 11) is 0. The summed E-state index contributed by atoms with van der Waals surface area (Å²) < 4.78 is 0. The van der Waals surface area contributed by atoms with Crippen molar-refractivity contribution in [1.29, 1.82) is 0 Å². The summed E-state index contributed by atoms with van der Waals surface area (Å²) in [4.78, 5) is 0. The maximum atomic E-state index is 4.61. The van der Waals surface area contributed by atoms with E-state index in [1.165, 1.54) is 33.4 Å². The summed E-state index contributed by atoms with van der Waals surface area (Å²) in [5.74, 6) is 0. The molecule has 1 radical (unpaired) electrons. The van der Waals surface area contributed by atoms with Crippen molar-refractivity contribution in [1.82, 2.24) is 0 Å². The molecule has 0 aliphatic heterocycles. The number of hydrogen-bond donors (Lipinski definition) is 0. The molecule has 4 heteroatoms. The summed E-state index contributed by atoms with van der Waals surface area (Å²) in [6, 6.07) is 19.2. The number of benzene rings is 3. The first-order valence-corrected chi connectivity index (χ1v) is 14.0. The van der Waals surface area contributed by atoms with Crippen molar-refractivity contribution >= 4 is 17.1 Å². The molecule has 0 saturated carbocycles. The van der Waals surface area contributed by atoms with Crippen LogP contribution in [0.15, 0.2) is 54.6 Å². The largest absolute Gasteiger partial charge is 3.00 e. The van der Waals surface area contributed by atoms with E-state index < -0.39 is 0 Å². The van der Waals surface area contributed by atoms with E-state index in [9.17, 15) is 0 Å². The Morgan fingerprint density at radius 1 is 0.325 bits per heavy atom. The van der Waals surface area contributed by atoms with Gasteiger partial charge in [-0.2, -0.15) is 0 Å². The topological polar surface area (TPSA) is 42.3 Å². The first-order valence-electron chi connectivity index (χ1n) is 14.0. The molecule has 0 N–H and O–H groups in total. The van der Waals surface area contributed by atoms with Gasteiger partial charge in [0.25, 0.3) is 0 Å². The Bertz CT molecular complexity index is 980. The minimum atomic E-state index is 0. The minimum Gasteiger partial charge on any atom is -0.680 e. The van der Waals surface area contributed by atoms with E-state index in [4.69, 9.17) is 0 Å². The molecule has 0 spiro atoms. The van der Waals surface area contributed by atoms with Gasteiger partial charge in [0.1, 0.15) is 0 Å². The molecule has 0 atom stereocenters. The van der Waals surface area contributed by atoms with Gasteiger partial charge in [-0.05, 0) is 41.5 Å². The molecular weight excluding hydrogens is 522 g/mol. The van der Waals surface area contributed by atoms with Crippen LogP contribution in [-0.4, -0.2) is 16.6 Å².